The van der Waals surface area contributed by atoms with E-state index in [4.69, 9.17) is 4.52 Å². The van der Waals surface area contributed by atoms with Crippen LogP contribution in [0.15, 0.2) is 40.9 Å². The number of carbonyl (C=O) groups excluding carboxylic acids is 1. The zero-order valence-corrected chi connectivity index (χ0v) is 18.7. The first-order valence-corrected chi connectivity index (χ1v) is 10.9. The highest BCUT2D eigenvalue weighted by Gasteiger charge is 2.27. The summed E-state index contributed by atoms with van der Waals surface area (Å²) in [7, 11) is 0. The first kappa shape index (κ1) is 21.2. The SMILES string of the molecule is Cc1cccc(-c2noc(CN3CCCC(C(=O)Nc4c(C)cc(C)cc4C)C3)n2)c1. The molecule has 1 aliphatic heterocycles. The molecule has 6 nitrogen and oxygen atoms in total. The average molecular weight is 419 g/mol. The predicted molar refractivity (Wildman–Crippen MR) is 122 cm³/mol. The maximum atomic E-state index is 13.0. The third-order valence-electron chi connectivity index (χ3n) is 5.90. The van der Waals surface area contributed by atoms with Crippen molar-refractivity contribution >= 4 is 11.6 Å². The molecule has 0 aliphatic carbocycles. The van der Waals surface area contributed by atoms with E-state index in [-0.39, 0.29) is 11.8 Å². The lowest BCUT2D eigenvalue weighted by Crippen LogP contribution is -2.40. The smallest absolute Gasteiger partial charge is 0.241 e. The predicted octanol–water partition coefficient (Wildman–Crippen LogP) is 4.82. The normalized spacial score (nSPS) is 17.0. The van der Waals surface area contributed by atoms with Crippen LogP contribution < -0.4 is 5.32 Å². The Morgan fingerprint density at radius 2 is 1.90 bits per heavy atom. The van der Waals surface area contributed by atoms with Gasteiger partial charge in [0.2, 0.25) is 17.6 Å². The Morgan fingerprint density at radius 1 is 1.13 bits per heavy atom. The van der Waals surface area contributed by atoms with Gasteiger partial charge in [-0.2, -0.15) is 4.98 Å². The summed E-state index contributed by atoms with van der Waals surface area (Å²) in [6.45, 7) is 10.4. The maximum absolute atomic E-state index is 13.0. The molecule has 162 valence electrons. The van der Waals surface area contributed by atoms with Crippen molar-refractivity contribution in [1.82, 2.24) is 15.0 Å². The van der Waals surface area contributed by atoms with E-state index in [1.165, 1.54) is 5.56 Å². The summed E-state index contributed by atoms with van der Waals surface area (Å²) in [4.78, 5) is 19.8. The largest absolute Gasteiger partial charge is 0.338 e. The van der Waals surface area contributed by atoms with E-state index in [1.54, 1.807) is 0 Å². The standard InChI is InChI=1S/C25H30N4O2/c1-16-7-5-8-20(13-16)24-26-22(31-28-24)15-29-10-6-9-21(14-29)25(30)27-23-18(3)11-17(2)12-19(23)4/h5,7-8,11-13,21H,6,9-10,14-15H2,1-4H3,(H,27,30). The fourth-order valence-corrected chi connectivity index (χ4v) is 4.43. The summed E-state index contributed by atoms with van der Waals surface area (Å²) in [5.74, 6) is 1.23. The molecule has 2 heterocycles. The van der Waals surface area contributed by atoms with E-state index in [1.807, 2.05) is 45.0 Å². The van der Waals surface area contributed by atoms with Crippen LogP contribution in [0.1, 0.15) is 41.0 Å². The number of hydrogen-bond acceptors (Lipinski definition) is 5. The number of anilines is 1. The lowest BCUT2D eigenvalue weighted by Gasteiger charge is -2.31. The number of likely N-dealkylation sites (tertiary alicyclic amines) is 1. The molecule has 1 unspecified atom stereocenters. The third-order valence-corrected chi connectivity index (χ3v) is 5.90. The zero-order chi connectivity index (χ0) is 22.0. The Hall–Kier alpha value is -2.99. The van der Waals surface area contributed by atoms with Crippen LogP contribution in [-0.2, 0) is 11.3 Å². The Bertz CT molecular complexity index is 1070. The Labute approximate surface area is 183 Å². The van der Waals surface area contributed by atoms with Crippen LogP contribution in [0.2, 0.25) is 0 Å². The van der Waals surface area contributed by atoms with Gasteiger partial charge < -0.3 is 9.84 Å². The molecule has 0 bridgehead atoms. The van der Waals surface area contributed by atoms with Crippen molar-refractivity contribution in [1.29, 1.82) is 0 Å². The second-order valence-electron chi connectivity index (χ2n) is 8.72. The number of benzene rings is 2. The Balaban J connectivity index is 1.39. The van der Waals surface area contributed by atoms with Crippen molar-refractivity contribution < 1.29 is 9.32 Å². The Morgan fingerprint density at radius 3 is 2.65 bits per heavy atom. The van der Waals surface area contributed by atoms with Gasteiger partial charge in [-0.1, -0.05) is 46.6 Å². The molecule has 6 heteroatoms. The molecule has 31 heavy (non-hydrogen) atoms. The minimum absolute atomic E-state index is 0.0481. The highest BCUT2D eigenvalue weighted by molar-refractivity contribution is 5.94. The van der Waals surface area contributed by atoms with Gasteiger partial charge in [0.15, 0.2) is 0 Å². The van der Waals surface area contributed by atoms with Crippen LogP contribution in [0.5, 0.6) is 0 Å². The third kappa shape index (κ3) is 5.02. The topological polar surface area (TPSA) is 71.3 Å². The van der Waals surface area contributed by atoms with Crippen LogP contribution in [0.25, 0.3) is 11.4 Å². The number of piperidine rings is 1. The highest BCUT2D eigenvalue weighted by atomic mass is 16.5. The van der Waals surface area contributed by atoms with Gasteiger partial charge in [0.05, 0.1) is 12.5 Å². The van der Waals surface area contributed by atoms with E-state index in [9.17, 15) is 4.79 Å². The van der Waals surface area contributed by atoms with Gasteiger partial charge in [-0.25, -0.2) is 0 Å². The van der Waals surface area contributed by atoms with Gasteiger partial charge in [0.1, 0.15) is 0 Å². The molecule has 3 aromatic rings. The summed E-state index contributed by atoms with van der Waals surface area (Å²) < 4.78 is 5.49. The van der Waals surface area contributed by atoms with Crippen molar-refractivity contribution in [2.75, 3.05) is 18.4 Å². The van der Waals surface area contributed by atoms with Gasteiger partial charge in [-0.15, -0.1) is 0 Å². The van der Waals surface area contributed by atoms with Gasteiger partial charge in [-0.05, 0) is 64.3 Å². The van der Waals surface area contributed by atoms with Crippen LogP contribution in [0.3, 0.4) is 0 Å². The number of aryl methyl sites for hydroxylation is 4. The van der Waals surface area contributed by atoms with Crippen LogP contribution >= 0.6 is 0 Å². The fraction of sp³-hybridized carbons (Fsp3) is 0.400. The summed E-state index contributed by atoms with van der Waals surface area (Å²) in [5, 5.41) is 7.31. The monoisotopic (exact) mass is 418 g/mol. The van der Waals surface area contributed by atoms with E-state index < -0.39 is 0 Å². The van der Waals surface area contributed by atoms with Crippen molar-refractivity contribution in [3.8, 4) is 11.4 Å². The van der Waals surface area contributed by atoms with Crippen molar-refractivity contribution in [2.24, 2.45) is 5.92 Å². The summed E-state index contributed by atoms with van der Waals surface area (Å²) in [5.41, 5.74) is 6.47. The highest BCUT2D eigenvalue weighted by Crippen LogP contribution is 2.25. The van der Waals surface area contributed by atoms with Gasteiger partial charge in [-0.3, -0.25) is 9.69 Å². The first-order chi connectivity index (χ1) is 14.9. The molecule has 1 fully saturated rings. The number of nitrogens with one attached hydrogen (secondary N) is 1. The van der Waals surface area contributed by atoms with Crippen molar-refractivity contribution in [2.45, 2.75) is 47.1 Å². The second kappa shape index (κ2) is 9.02. The number of carbonyl (C=O) groups is 1. The van der Waals surface area contributed by atoms with E-state index in [0.717, 1.165) is 47.3 Å². The number of nitrogens with zero attached hydrogens (tertiary/aromatic N) is 3. The molecule has 1 amide bonds. The average Bonchev–Trinajstić information content (AvgIpc) is 3.19. The number of rotatable bonds is 5. The minimum atomic E-state index is -0.0481. The Kier molecular flexibility index (Phi) is 6.18. The summed E-state index contributed by atoms with van der Waals surface area (Å²) >= 11 is 0. The van der Waals surface area contributed by atoms with Crippen molar-refractivity contribution in [3.63, 3.8) is 0 Å². The van der Waals surface area contributed by atoms with Gasteiger partial charge in [0, 0.05) is 17.8 Å². The first-order valence-electron chi connectivity index (χ1n) is 10.9. The molecule has 1 aliphatic rings. The lowest BCUT2D eigenvalue weighted by molar-refractivity contribution is -0.121. The van der Waals surface area contributed by atoms with Gasteiger partial charge in [0.25, 0.3) is 0 Å². The van der Waals surface area contributed by atoms with Crippen LogP contribution in [0.4, 0.5) is 5.69 Å². The zero-order valence-electron chi connectivity index (χ0n) is 18.7. The van der Waals surface area contributed by atoms with E-state index in [2.05, 4.69) is 39.4 Å². The molecule has 1 atom stereocenters. The molecule has 4 rings (SSSR count). The molecular formula is C25H30N4O2. The molecular weight excluding hydrogens is 388 g/mol. The van der Waals surface area contributed by atoms with Gasteiger partial charge >= 0.3 is 0 Å². The molecule has 0 radical (unpaired) electrons. The minimum Gasteiger partial charge on any atom is -0.338 e. The number of amides is 1. The van der Waals surface area contributed by atoms with Crippen LogP contribution in [0, 0.1) is 33.6 Å². The molecule has 1 N–H and O–H groups in total. The molecule has 0 saturated carbocycles. The molecule has 0 spiro atoms. The van der Waals surface area contributed by atoms with Crippen molar-refractivity contribution in [3.05, 3.63) is 64.5 Å². The number of aromatic nitrogens is 2. The van der Waals surface area contributed by atoms with Crippen LogP contribution in [-0.4, -0.2) is 34.0 Å². The molecule has 2 aromatic carbocycles. The van der Waals surface area contributed by atoms with E-state index >= 15 is 0 Å². The quantitative estimate of drug-likeness (QED) is 0.643. The molecule has 1 aromatic heterocycles. The number of hydrogen-bond donors (Lipinski definition) is 1. The molecule has 1 saturated heterocycles. The fourth-order valence-electron chi connectivity index (χ4n) is 4.43. The summed E-state index contributed by atoms with van der Waals surface area (Å²) in [6, 6.07) is 12.3. The lowest BCUT2D eigenvalue weighted by atomic mass is 9.96. The maximum Gasteiger partial charge on any atom is 0.241 e. The second-order valence-corrected chi connectivity index (χ2v) is 8.72. The van der Waals surface area contributed by atoms with E-state index in [0.29, 0.717) is 24.8 Å². The summed E-state index contributed by atoms with van der Waals surface area (Å²) in [6.07, 6.45) is 1.87.